The molecule has 0 saturated carbocycles. The Morgan fingerprint density at radius 1 is 0.931 bits per heavy atom. The average molecular weight is 410 g/mol. The molecule has 1 amide bonds. The molecule has 0 unspecified atom stereocenters. The molecule has 0 aliphatic rings. The van der Waals surface area contributed by atoms with E-state index in [4.69, 9.17) is 4.74 Å². The Kier molecular flexibility index (Phi) is 6.19. The number of carbonyl (C=O) groups is 1. The lowest BCUT2D eigenvalue weighted by Gasteiger charge is -2.11. The minimum absolute atomic E-state index is 0.107. The molecule has 0 spiro atoms. The van der Waals surface area contributed by atoms with Gasteiger partial charge in [-0.25, -0.2) is 8.42 Å². The van der Waals surface area contributed by atoms with Gasteiger partial charge in [-0.3, -0.25) is 9.52 Å². The van der Waals surface area contributed by atoms with E-state index in [0.29, 0.717) is 29.3 Å². The van der Waals surface area contributed by atoms with Crippen molar-refractivity contribution in [2.75, 3.05) is 16.6 Å². The van der Waals surface area contributed by atoms with Crippen LogP contribution in [0.25, 0.3) is 0 Å². The second-order valence-corrected chi connectivity index (χ2v) is 8.10. The predicted octanol–water partition coefficient (Wildman–Crippen LogP) is 4.45. The van der Waals surface area contributed by atoms with Crippen LogP contribution in [0.15, 0.2) is 77.7 Å². The molecule has 0 bridgehead atoms. The molecule has 6 nitrogen and oxygen atoms in total. The molecular formula is C22H22N2O4S. The van der Waals surface area contributed by atoms with Crippen molar-refractivity contribution in [3.8, 4) is 5.75 Å². The summed E-state index contributed by atoms with van der Waals surface area (Å²) in [6.07, 6.45) is 0. The molecule has 0 aliphatic carbocycles. The summed E-state index contributed by atoms with van der Waals surface area (Å²) >= 11 is 0. The first-order valence-corrected chi connectivity index (χ1v) is 10.6. The molecule has 0 atom stereocenters. The molecule has 29 heavy (non-hydrogen) atoms. The fourth-order valence-electron chi connectivity index (χ4n) is 2.75. The van der Waals surface area contributed by atoms with Gasteiger partial charge in [-0.1, -0.05) is 18.2 Å². The number of nitrogens with one attached hydrogen (secondary N) is 2. The molecular weight excluding hydrogens is 388 g/mol. The third-order valence-corrected chi connectivity index (χ3v) is 5.50. The number of carbonyl (C=O) groups excluding carboxylic acids is 1. The fourth-order valence-corrected chi connectivity index (χ4v) is 3.80. The SMILES string of the molecule is CCOc1ccc(S(=O)(=O)Nc2cccc(C(=O)Nc3cccc(C)c3)c2)cc1. The number of amides is 1. The Hall–Kier alpha value is -3.32. The highest BCUT2D eigenvalue weighted by molar-refractivity contribution is 7.92. The van der Waals surface area contributed by atoms with Crippen LogP contribution in [0.1, 0.15) is 22.8 Å². The molecule has 0 saturated heterocycles. The number of ether oxygens (including phenoxy) is 1. The minimum atomic E-state index is -3.79. The summed E-state index contributed by atoms with van der Waals surface area (Å²) in [5.74, 6) is 0.277. The van der Waals surface area contributed by atoms with Crippen LogP contribution < -0.4 is 14.8 Å². The molecule has 7 heteroatoms. The smallest absolute Gasteiger partial charge is 0.261 e. The summed E-state index contributed by atoms with van der Waals surface area (Å²) in [5.41, 5.74) is 2.35. The Morgan fingerprint density at radius 3 is 2.31 bits per heavy atom. The van der Waals surface area contributed by atoms with E-state index in [1.807, 2.05) is 32.0 Å². The van der Waals surface area contributed by atoms with Crippen molar-refractivity contribution >= 4 is 27.3 Å². The number of rotatable bonds is 7. The van der Waals surface area contributed by atoms with Crippen LogP contribution in [0.4, 0.5) is 11.4 Å². The quantitative estimate of drug-likeness (QED) is 0.603. The van der Waals surface area contributed by atoms with Gasteiger partial charge in [-0.2, -0.15) is 0 Å². The number of hydrogen-bond acceptors (Lipinski definition) is 4. The number of anilines is 2. The van der Waals surface area contributed by atoms with Crippen LogP contribution >= 0.6 is 0 Å². The lowest BCUT2D eigenvalue weighted by molar-refractivity contribution is 0.102. The zero-order valence-corrected chi connectivity index (χ0v) is 17.0. The van der Waals surface area contributed by atoms with Crippen LogP contribution in [0.5, 0.6) is 5.75 Å². The zero-order chi connectivity index (χ0) is 20.9. The minimum Gasteiger partial charge on any atom is -0.494 e. The normalized spacial score (nSPS) is 11.0. The maximum atomic E-state index is 12.6. The standard InChI is InChI=1S/C22H22N2O4S/c1-3-28-20-10-12-21(13-11-20)29(26,27)24-19-9-5-7-17(15-19)22(25)23-18-8-4-6-16(2)14-18/h4-15,24H,3H2,1-2H3,(H,23,25). The third-order valence-electron chi connectivity index (χ3n) is 4.10. The lowest BCUT2D eigenvalue weighted by Crippen LogP contribution is -2.15. The molecule has 0 heterocycles. The predicted molar refractivity (Wildman–Crippen MR) is 114 cm³/mol. The van der Waals surface area contributed by atoms with Crippen LogP contribution in [0, 0.1) is 6.92 Å². The monoisotopic (exact) mass is 410 g/mol. The van der Waals surface area contributed by atoms with Crippen LogP contribution in [-0.2, 0) is 10.0 Å². The van der Waals surface area contributed by atoms with Gasteiger partial charge in [-0.15, -0.1) is 0 Å². The summed E-state index contributed by atoms with van der Waals surface area (Å²) in [5, 5.41) is 2.81. The van der Waals surface area contributed by atoms with Crippen molar-refractivity contribution < 1.29 is 17.9 Å². The van der Waals surface area contributed by atoms with E-state index in [0.717, 1.165) is 5.56 Å². The van der Waals surface area contributed by atoms with Gasteiger partial charge in [0.05, 0.1) is 11.5 Å². The second kappa shape index (κ2) is 8.79. The van der Waals surface area contributed by atoms with E-state index in [1.165, 1.54) is 18.2 Å². The van der Waals surface area contributed by atoms with Crippen molar-refractivity contribution in [2.24, 2.45) is 0 Å². The van der Waals surface area contributed by atoms with Crippen molar-refractivity contribution in [1.29, 1.82) is 0 Å². The lowest BCUT2D eigenvalue weighted by atomic mass is 10.1. The molecule has 3 aromatic rings. The van der Waals surface area contributed by atoms with E-state index in [2.05, 4.69) is 10.0 Å². The van der Waals surface area contributed by atoms with Gasteiger partial charge in [0.1, 0.15) is 5.75 Å². The van der Waals surface area contributed by atoms with Crippen LogP contribution in [0.3, 0.4) is 0 Å². The largest absolute Gasteiger partial charge is 0.494 e. The highest BCUT2D eigenvalue weighted by atomic mass is 32.2. The number of sulfonamides is 1. The summed E-state index contributed by atoms with van der Waals surface area (Å²) < 4.78 is 33.1. The van der Waals surface area contributed by atoms with Gasteiger partial charge >= 0.3 is 0 Å². The second-order valence-electron chi connectivity index (χ2n) is 6.41. The average Bonchev–Trinajstić information content (AvgIpc) is 2.68. The van der Waals surface area contributed by atoms with Crippen molar-refractivity contribution in [2.45, 2.75) is 18.7 Å². The van der Waals surface area contributed by atoms with Gasteiger partial charge in [0, 0.05) is 16.9 Å². The van der Waals surface area contributed by atoms with E-state index in [1.54, 1.807) is 36.4 Å². The Bertz CT molecular complexity index is 1110. The van der Waals surface area contributed by atoms with Gasteiger partial charge in [0.15, 0.2) is 0 Å². The molecule has 0 aromatic heterocycles. The maximum absolute atomic E-state index is 12.6. The molecule has 0 fully saturated rings. The molecule has 2 N–H and O–H groups in total. The van der Waals surface area contributed by atoms with Crippen molar-refractivity contribution in [3.63, 3.8) is 0 Å². The first-order chi connectivity index (χ1) is 13.9. The summed E-state index contributed by atoms with van der Waals surface area (Å²) in [6, 6.07) is 19.9. The first kappa shape index (κ1) is 20.4. The van der Waals surface area contributed by atoms with Crippen molar-refractivity contribution in [1.82, 2.24) is 0 Å². The summed E-state index contributed by atoms with van der Waals surface area (Å²) in [7, 11) is -3.79. The number of hydrogen-bond donors (Lipinski definition) is 2. The first-order valence-electron chi connectivity index (χ1n) is 9.11. The number of aryl methyl sites for hydroxylation is 1. The summed E-state index contributed by atoms with van der Waals surface area (Å²) in [4.78, 5) is 12.6. The molecule has 0 aliphatic heterocycles. The van der Waals surface area contributed by atoms with Crippen molar-refractivity contribution in [3.05, 3.63) is 83.9 Å². The Balaban J connectivity index is 1.75. The molecule has 150 valence electrons. The highest BCUT2D eigenvalue weighted by Crippen LogP contribution is 2.21. The maximum Gasteiger partial charge on any atom is 0.261 e. The topological polar surface area (TPSA) is 84.5 Å². The van der Waals surface area contributed by atoms with E-state index < -0.39 is 10.0 Å². The van der Waals surface area contributed by atoms with Crippen LogP contribution in [-0.4, -0.2) is 20.9 Å². The van der Waals surface area contributed by atoms with E-state index in [9.17, 15) is 13.2 Å². The molecule has 3 rings (SSSR count). The van der Waals surface area contributed by atoms with Gasteiger partial charge < -0.3 is 10.1 Å². The van der Waals surface area contributed by atoms with E-state index >= 15 is 0 Å². The van der Waals surface area contributed by atoms with E-state index in [-0.39, 0.29) is 10.8 Å². The number of benzene rings is 3. The molecule has 0 radical (unpaired) electrons. The fraction of sp³-hybridized carbons (Fsp3) is 0.136. The van der Waals surface area contributed by atoms with Gasteiger partial charge in [-0.05, 0) is 74.0 Å². The van der Waals surface area contributed by atoms with Gasteiger partial charge in [0.2, 0.25) is 0 Å². The zero-order valence-electron chi connectivity index (χ0n) is 16.2. The van der Waals surface area contributed by atoms with Gasteiger partial charge in [0.25, 0.3) is 15.9 Å². The highest BCUT2D eigenvalue weighted by Gasteiger charge is 2.15. The van der Waals surface area contributed by atoms with Crippen LogP contribution in [0.2, 0.25) is 0 Å². The molecule has 3 aromatic carbocycles. The Labute approximate surface area is 170 Å². The Morgan fingerprint density at radius 2 is 1.62 bits per heavy atom. The third kappa shape index (κ3) is 5.36. The summed E-state index contributed by atoms with van der Waals surface area (Å²) in [6.45, 7) is 4.29.